The Morgan fingerprint density at radius 1 is 1.43 bits per heavy atom. The third kappa shape index (κ3) is 4.84. The Hall–Kier alpha value is -2.49. The number of amidine groups is 1. The number of benzene rings is 1. The van der Waals surface area contributed by atoms with Crippen molar-refractivity contribution in [2.45, 2.75) is 6.42 Å². The number of carbonyl (C=O) groups is 1. The summed E-state index contributed by atoms with van der Waals surface area (Å²) < 4.78 is 31.3. The van der Waals surface area contributed by atoms with Crippen molar-refractivity contribution in [3.63, 3.8) is 0 Å². The molecule has 0 unspecified atom stereocenters. The number of nitrogens with one attached hydrogen (secondary N) is 1. The van der Waals surface area contributed by atoms with Gasteiger partial charge in [-0.05, 0) is 12.1 Å². The van der Waals surface area contributed by atoms with Crippen molar-refractivity contribution in [2.75, 3.05) is 18.0 Å². The summed E-state index contributed by atoms with van der Waals surface area (Å²) in [6, 6.07) is 8.08. The molecule has 0 aromatic heterocycles. The normalized spacial score (nSPS) is 11.8. The minimum atomic E-state index is -4.17. The summed E-state index contributed by atoms with van der Waals surface area (Å²) in [6.07, 6.45) is -1.13. The average molecular weight is 316 g/mol. The van der Waals surface area contributed by atoms with Gasteiger partial charge in [0.05, 0.1) is 12.8 Å². The van der Waals surface area contributed by atoms with Gasteiger partial charge < -0.3 is 15.7 Å². The molecule has 0 atom stereocenters. The van der Waals surface area contributed by atoms with Crippen molar-refractivity contribution in [1.29, 1.82) is 0 Å². The summed E-state index contributed by atoms with van der Waals surface area (Å²) in [7, 11) is -3.12. The van der Waals surface area contributed by atoms with Crippen molar-refractivity contribution in [2.24, 2.45) is 10.9 Å². The lowest BCUT2D eigenvalue weighted by atomic mass is 10.3. The van der Waals surface area contributed by atoms with Crippen molar-refractivity contribution in [3.8, 4) is 0 Å². The first-order valence-corrected chi connectivity index (χ1v) is 7.24. The first-order chi connectivity index (χ1) is 9.90. The van der Waals surface area contributed by atoms with Crippen molar-refractivity contribution in [1.82, 2.24) is 4.72 Å². The highest BCUT2D eigenvalue weighted by Gasteiger charge is 2.25. The standard InChI is InChI=1S/C11H16N4O5S/c1-20-11(16)14-21(18,19)15(8-7-10(12)13-17)9-5-3-2-4-6-9/h2-6,17H,7-8H2,1H3,(H2,12,13)(H,14,16). The second-order valence-electron chi connectivity index (χ2n) is 3.85. The van der Waals surface area contributed by atoms with Gasteiger partial charge in [-0.25, -0.2) is 9.52 Å². The summed E-state index contributed by atoms with van der Waals surface area (Å²) in [5.41, 5.74) is 5.66. The van der Waals surface area contributed by atoms with Crippen LogP contribution in [0.5, 0.6) is 0 Å². The highest BCUT2D eigenvalue weighted by molar-refractivity contribution is 7.91. The number of methoxy groups -OCH3 is 1. The van der Waals surface area contributed by atoms with Crippen LogP contribution in [-0.2, 0) is 14.9 Å². The van der Waals surface area contributed by atoms with Crippen LogP contribution in [0.3, 0.4) is 0 Å². The molecule has 116 valence electrons. The number of anilines is 1. The van der Waals surface area contributed by atoms with Gasteiger partial charge in [0.25, 0.3) is 0 Å². The minimum absolute atomic E-state index is 0.0204. The second kappa shape index (κ2) is 7.33. The Labute approximate surface area is 122 Å². The van der Waals surface area contributed by atoms with E-state index in [1.807, 2.05) is 0 Å². The summed E-state index contributed by atoms with van der Waals surface area (Å²) >= 11 is 0. The summed E-state index contributed by atoms with van der Waals surface area (Å²) in [4.78, 5) is 11.1. The number of hydrogen-bond donors (Lipinski definition) is 3. The molecule has 1 amide bonds. The molecule has 0 radical (unpaired) electrons. The number of rotatable bonds is 6. The smallest absolute Gasteiger partial charge is 0.422 e. The van der Waals surface area contributed by atoms with Crippen molar-refractivity contribution < 1.29 is 23.2 Å². The third-order valence-electron chi connectivity index (χ3n) is 2.43. The fraction of sp³-hybridized carbons (Fsp3) is 0.273. The van der Waals surface area contributed by atoms with E-state index < -0.39 is 16.3 Å². The van der Waals surface area contributed by atoms with Crippen molar-refractivity contribution in [3.05, 3.63) is 30.3 Å². The molecule has 0 saturated heterocycles. The number of oxime groups is 1. The summed E-state index contributed by atoms with van der Waals surface area (Å²) in [6.45, 7) is -0.119. The molecule has 1 aromatic rings. The third-order valence-corrected chi connectivity index (χ3v) is 3.83. The maximum Gasteiger partial charge on any atom is 0.422 e. The largest absolute Gasteiger partial charge is 0.452 e. The number of nitrogens with zero attached hydrogens (tertiary/aromatic N) is 2. The van der Waals surface area contributed by atoms with E-state index in [0.717, 1.165) is 11.4 Å². The zero-order valence-electron chi connectivity index (χ0n) is 11.3. The monoisotopic (exact) mass is 316 g/mol. The van der Waals surface area contributed by atoms with E-state index in [2.05, 4.69) is 9.89 Å². The lowest BCUT2D eigenvalue weighted by molar-refractivity contribution is 0.177. The molecule has 0 aliphatic heterocycles. The number of amides is 1. The Kier molecular flexibility index (Phi) is 5.79. The van der Waals surface area contributed by atoms with E-state index in [-0.39, 0.29) is 18.8 Å². The van der Waals surface area contributed by atoms with Crippen LogP contribution >= 0.6 is 0 Å². The molecule has 4 N–H and O–H groups in total. The molecule has 0 aliphatic rings. The van der Waals surface area contributed by atoms with E-state index >= 15 is 0 Å². The van der Waals surface area contributed by atoms with Crippen LogP contribution in [0.1, 0.15) is 6.42 Å². The summed E-state index contributed by atoms with van der Waals surface area (Å²) in [5.74, 6) is -0.135. The molecule has 10 heteroatoms. The Morgan fingerprint density at radius 3 is 2.57 bits per heavy atom. The van der Waals surface area contributed by atoms with Crippen LogP contribution in [0.25, 0.3) is 0 Å². The van der Waals surface area contributed by atoms with Crippen LogP contribution in [0, 0.1) is 0 Å². The number of hydrogen-bond acceptors (Lipinski definition) is 6. The van der Waals surface area contributed by atoms with Gasteiger partial charge in [0, 0.05) is 13.0 Å². The van der Waals surface area contributed by atoms with E-state index in [1.165, 1.54) is 0 Å². The maximum absolute atomic E-state index is 12.2. The van der Waals surface area contributed by atoms with E-state index in [9.17, 15) is 13.2 Å². The molecular formula is C11H16N4O5S. The van der Waals surface area contributed by atoms with Crippen LogP contribution in [0.15, 0.2) is 35.5 Å². The lowest BCUT2D eigenvalue weighted by Gasteiger charge is -2.23. The number of carbonyl (C=O) groups excluding carboxylic acids is 1. The molecule has 0 heterocycles. The summed E-state index contributed by atoms with van der Waals surface area (Å²) in [5, 5.41) is 11.3. The number of ether oxygens (including phenoxy) is 1. The lowest BCUT2D eigenvalue weighted by Crippen LogP contribution is -2.44. The zero-order valence-corrected chi connectivity index (χ0v) is 12.1. The van der Waals surface area contributed by atoms with Crippen molar-refractivity contribution >= 4 is 27.8 Å². The maximum atomic E-state index is 12.2. The van der Waals surface area contributed by atoms with E-state index in [1.54, 1.807) is 35.1 Å². The van der Waals surface area contributed by atoms with Gasteiger partial charge in [-0.1, -0.05) is 23.4 Å². The topological polar surface area (TPSA) is 134 Å². The fourth-order valence-electron chi connectivity index (χ4n) is 1.45. The quantitative estimate of drug-likeness (QED) is 0.298. The highest BCUT2D eigenvalue weighted by Crippen LogP contribution is 2.17. The van der Waals surface area contributed by atoms with E-state index in [0.29, 0.717) is 5.69 Å². The Bertz CT molecular complexity index is 602. The van der Waals surface area contributed by atoms with Gasteiger partial charge in [0.1, 0.15) is 5.84 Å². The molecule has 1 rings (SSSR count). The Morgan fingerprint density at radius 2 is 2.05 bits per heavy atom. The van der Waals surface area contributed by atoms with Gasteiger partial charge in [-0.3, -0.25) is 4.31 Å². The highest BCUT2D eigenvalue weighted by atomic mass is 32.2. The number of para-hydroxylation sites is 1. The Balaban J connectivity index is 3.04. The molecule has 0 aliphatic carbocycles. The predicted molar refractivity (Wildman–Crippen MR) is 76.3 cm³/mol. The molecule has 9 nitrogen and oxygen atoms in total. The molecule has 21 heavy (non-hydrogen) atoms. The van der Waals surface area contributed by atoms with Gasteiger partial charge in [-0.15, -0.1) is 0 Å². The first-order valence-electron chi connectivity index (χ1n) is 5.80. The van der Waals surface area contributed by atoms with Crippen LogP contribution in [-0.4, -0.2) is 39.2 Å². The van der Waals surface area contributed by atoms with Gasteiger partial charge >= 0.3 is 16.3 Å². The zero-order chi connectivity index (χ0) is 15.9. The number of nitrogens with two attached hydrogens (primary N) is 1. The molecule has 0 bridgehead atoms. The predicted octanol–water partition coefficient (Wildman–Crippen LogP) is 0.230. The SMILES string of the molecule is COC(=O)NS(=O)(=O)N(CC/C(N)=N/O)c1ccccc1. The minimum Gasteiger partial charge on any atom is -0.452 e. The van der Waals surface area contributed by atoms with Crippen LogP contribution in [0.2, 0.25) is 0 Å². The first kappa shape index (κ1) is 16.6. The molecule has 0 spiro atoms. The van der Waals surface area contributed by atoms with E-state index in [4.69, 9.17) is 10.9 Å². The fourth-order valence-corrected chi connectivity index (χ4v) is 2.59. The molecular weight excluding hydrogens is 300 g/mol. The van der Waals surface area contributed by atoms with Crippen LogP contribution < -0.4 is 14.8 Å². The average Bonchev–Trinajstić information content (AvgIpc) is 2.47. The van der Waals surface area contributed by atoms with Crippen LogP contribution in [0.4, 0.5) is 10.5 Å². The molecule has 0 saturated carbocycles. The van der Waals surface area contributed by atoms with Gasteiger partial charge in [-0.2, -0.15) is 8.42 Å². The molecule has 1 aromatic carbocycles. The van der Waals surface area contributed by atoms with Gasteiger partial charge in [0.15, 0.2) is 0 Å². The molecule has 0 fully saturated rings. The van der Waals surface area contributed by atoms with Gasteiger partial charge in [0.2, 0.25) is 0 Å². The second-order valence-corrected chi connectivity index (χ2v) is 5.44.